The molecule has 1 spiro atoms. The largest absolute Gasteiger partial charge is 0.497 e. The monoisotopic (exact) mass is 316 g/mol. The molecule has 2 aliphatic heterocycles. The molecular weight excluding hydrogens is 292 g/mol. The summed E-state index contributed by atoms with van der Waals surface area (Å²) in [6.45, 7) is 5.68. The van der Waals surface area contributed by atoms with Gasteiger partial charge in [-0.2, -0.15) is 0 Å². The molecule has 1 N–H and O–H groups in total. The van der Waals surface area contributed by atoms with Gasteiger partial charge < -0.3 is 19.7 Å². The number of rotatable bonds is 3. The maximum Gasteiger partial charge on any atom is 0.247 e. The molecule has 23 heavy (non-hydrogen) atoms. The summed E-state index contributed by atoms with van der Waals surface area (Å²) in [6, 6.07) is 7.77. The van der Waals surface area contributed by atoms with E-state index in [4.69, 9.17) is 9.47 Å². The number of methoxy groups -OCH3 is 1. The molecular formula is C18H24N2O3. The van der Waals surface area contributed by atoms with E-state index in [0.29, 0.717) is 19.7 Å². The van der Waals surface area contributed by atoms with Crippen molar-refractivity contribution >= 4 is 11.5 Å². The van der Waals surface area contributed by atoms with Crippen molar-refractivity contribution < 1.29 is 14.3 Å². The average Bonchev–Trinajstić information content (AvgIpc) is 3.02. The fourth-order valence-corrected chi connectivity index (χ4v) is 3.24. The van der Waals surface area contributed by atoms with Gasteiger partial charge in [0.25, 0.3) is 0 Å². The maximum absolute atomic E-state index is 12.6. The summed E-state index contributed by atoms with van der Waals surface area (Å²) in [7, 11) is 1.64. The Morgan fingerprint density at radius 2 is 2.35 bits per heavy atom. The van der Waals surface area contributed by atoms with Crippen LogP contribution in [0.3, 0.4) is 0 Å². The highest BCUT2D eigenvalue weighted by molar-refractivity contribution is 5.95. The number of hydrogen-bond acceptors (Lipinski definition) is 4. The van der Waals surface area contributed by atoms with Crippen LogP contribution in [0.4, 0.5) is 0 Å². The number of allylic oxidation sites excluding steroid dienone is 1. The Labute approximate surface area is 137 Å². The zero-order chi connectivity index (χ0) is 16.3. The van der Waals surface area contributed by atoms with Gasteiger partial charge in [0.15, 0.2) is 0 Å². The van der Waals surface area contributed by atoms with Gasteiger partial charge in [-0.3, -0.25) is 4.79 Å². The first-order valence-electron chi connectivity index (χ1n) is 8.08. The van der Waals surface area contributed by atoms with Crippen LogP contribution in [0.5, 0.6) is 5.75 Å². The number of nitrogens with one attached hydrogen (secondary N) is 1. The van der Waals surface area contributed by atoms with Crippen LogP contribution in [-0.4, -0.2) is 56.3 Å². The minimum atomic E-state index is -0.189. The number of benzene rings is 1. The molecule has 1 atom stereocenters. The Hall–Kier alpha value is -1.85. The number of carbonyl (C=O) groups is 1. The molecule has 0 radical (unpaired) electrons. The number of ether oxygens (including phenoxy) is 2. The predicted octanol–water partition coefficient (Wildman–Crippen LogP) is 1.69. The first kappa shape index (κ1) is 16.0. The van der Waals surface area contributed by atoms with Gasteiger partial charge >= 0.3 is 0 Å². The molecule has 1 aromatic rings. The number of nitrogens with zero attached hydrogens (tertiary/aromatic N) is 1. The topological polar surface area (TPSA) is 50.8 Å². The Morgan fingerprint density at radius 1 is 1.48 bits per heavy atom. The third kappa shape index (κ3) is 3.57. The lowest BCUT2D eigenvalue weighted by molar-refractivity contribution is -0.142. The molecule has 0 aromatic heterocycles. The zero-order valence-corrected chi connectivity index (χ0v) is 13.8. The van der Waals surface area contributed by atoms with Gasteiger partial charge in [0.1, 0.15) is 5.75 Å². The van der Waals surface area contributed by atoms with E-state index in [-0.39, 0.29) is 11.5 Å². The SMILES string of the molecule is COc1cccc(/C(C)=C/C(=O)N2CCOC3(CCNC3)C2)c1. The normalized spacial score (nSPS) is 25.0. The summed E-state index contributed by atoms with van der Waals surface area (Å²) in [4.78, 5) is 14.5. The fraction of sp³-hybridized carbons (Fsp3) is 0.500. The van der Waals surface area contributed by atoms with Crippen LogP contribution in [0.15, 0.2) is 30.3 Å². The number of carbonyl (C=O) groups excluding carboxylic acids is 1. The lowest BCUT2D eigenvalue weighted by Crippen LogP contribution is -2.54. The second kappa shape index (κ2) is 6.72. The van der Waals surface area contributed by atoms with Crippen LogP contribution < -0.4 is 10.1 Å². The lowest BCUT2D eigenvalue weighted by atomic mass is 10.00. The van der Waals surface area contributed by atoms with Crippen LogP contribution in [0.25, 0.3) is 5.57 Å². The average molecular weight is 316 g/mol. The van der Waals surface area contributed by atoms with Gasteiger partial charge in [0.05, 0.1) is 25.9 Å². The zero-order valence-electron chi connectivity index (χ0n) is 13.8. The summed E-state index contributed by atoms with van der Waals surface area (Å²) in [5, 5.41) is 3.33. The maximum atomic E-state index is 12.6. The second-order valence-corrected chi connectivity index (χ2v) is 6.28. The van der Waals surface area contributed by atoms with E-state index in [0.717, 1.165) is 36.4 Å². The van der Waals surface area contributed by atoms with Gasteiger partial charge in [-0.05, 0) is 43.2 Å². The molecule has 0 saturated carbocycles. The van der Waals surface area contributed by atoms with Gasteiger partial charge in [0.2, 0.25) is 5.91 Å². The highest BCUT2D eigenvalue weighted by Gasteiger charge is 2.40. The van der Waals surface area contributed by atoms with E-state index in [1.165, 1.54) is 0 Å². The van der Waals surface area contributed by atoms with E-state index in [9.17, 15) is 4.79 Å². The van der Waals surface area contributed by atoms with Gasteiger partial charge in [-0.25, -0.2) is 0 Å². The molecule has 0 aliphatic carbocycles. The molecule has 3 rings (SSSR count). The molecule has 5 heteroatoms. The van der Waals surface area contributed by atoms with Gasteiger partial charge in [-0.1, -0.05) is 12.1 Å². The first-order chi connectivity index (χ1) is 11.1. The lowest BCUT2D eigenvalue weighted by Gasteiger charge is -2.39. The standard InChI is InChI=1S/C18H24N2O3/c1-14(15-4-3-5-16(11-15)22-2)10-17(21)20-8-9-23-18(13-20)6-7-19-12-18/h3-5,10-11,19H,6-9,12-13H2,1-2H3/b14-10+. The molecule has 2 heterocycles. The molecule has 5 nitrogen and oxygen atoms in total. The van der Waals surface area contributed by atoms with E-state index < -0.39 is 0 Å². The van der Waals surface area contributed by atoms with Crippen LogP contribution in [0, 0.1) is 0 Å². The molecule has 2 aliphatic rings. The molecule has 0 bridgehead atoms. The minimum absolute atomic E-state index is 0.0555. The number of morpholine rings is 1. The van der Waals surface area contributed by atoms with E-state index in [1.54, 1.807) is 13.2 Å². The molecule has 2 saturated heterocycles. The van der Waals surface area contributed by atoms with Crippen LogP contribution in [-0.2, 0) is 9.53 Å². The highest BCUT2D eigenvalue weighted by Crippen LogP contribution is 2.25. The molecule has 1 aromatic carbocycles. The second-order valence-electron chi connectivity index (χ2n) is 6.28. The van der Waals surface area contributed by atoms with Crippen molar-refractivity contribution in [2.75, 3.05) is 39.9 Å². The minimum Gasteiger partial charge on any atom is -0.497 e. The van der Waals surface area contributed by atoms with Crippen LogP contribution >= 0.6 is 0 Å². The Kier molecular flexibility index (Phi) is 4.68. The third-order valence-corrected chi connectivity index (χ3v) is 4.63. The van der Waals surface area contributed by atoms with E-state index in [1.807, 2.05) is 36.1 Å². The number of amides is 1. The Morgan fingerprint density at radius 3 is 3.09 bits per heavy atom. The van der Waals surface area contributed by atoms with Crippen molar-refractivity contribution in [1.29, 1.82) is 0 Å². The van der Waals surface area contributed by atoms with Crippen molar-refractivity contribution in [2.24, 2.45) is 0 Å². The fourth-order valence-electron chi connectivity index (χ4n) is 3.24. The van der Waals surface area contributed by atoms with Crippen molar-refractivity contribution in [2.45, 2.75) is 18.9 Å². The van der Waals surface area contributed by atoms with E-state index in [2.05, 4.69) is 5.32 Å². The van der Waals surface area contributed by atoms with Gasteiger partial charge in [0, 0.05) is 19.2 Å². The summed E-state index contributed by atoms with van der Waals surface area (Å²) in [5.74, 6) is 0.852. The predicted molar refractivity (Wildman–Crippen MR) is 89.4 cm³/mol. The summed E-state index contributed by atoms with van der Waals surface area (Å²) >= 11 is 0. The molecule has 1 unspecified atom stereocenters. The smallest absolute Gasteiger partial charge is 0.247 e. The summed E-state index contributed by atoms with van der Waals surface area (Å²) in [5.41, 5.74) is 1.76. The van der Waals surface area contributed by atoms with Crippen molar-refractivity contribution in [3.05, 3.63) is 35.9 Å². The molecule has 1 amide bonds. The van der Waals surface area contributed by atoms with Crippen molar-refractivity contribution in [3.63, 3.8) is 0 Å². The number of hydrogen-bond donors (Lipinski definition) is 1. The Bertz CT molecular complexity index is 606. The third-order valence-electron chi connectivity index (χ3n) is 4.63. The van der Waals surface area contributed by atoms with E-state index >= 15 is 0 Å². The van der Waals surface area contributed by atoms with Crippen molar-refractivity contribution in [3.8, 4) is 5.75 Å². The summed E-state index contributed by atoms with van der Waals surface area (Å²) in [6.07, 6.45) is 2.69. The highest BCUT2D eigenvalue weighted by atomic mass is 16.5. The summed E-state index contributed by atoms with van der Waals surface area (Å²) < 4.78 is 11.2. The van der Waals surface area contributed by atoms with Crippen molar-refractivity contribution in [1.82, 2.24) is 10.2 Å². The first-order valence-corrected chi connectivity index (χ1v) is 8.08. The van der Waals surface area contributed by atoms with Crippen LogP contribution in [0.2, 0.25) is 0 Å². The van der Waals surface area contributed by atoms with Crippen LogP contribution in [0.1, 0.15) is 18.9 Å². The molecule has 124 valence electrons. The Balaban J connectivity index is 1.71. The van der Waals surface area contributed by atoms with Gasteiger partial charge in [-0.15, -0.1) is 0 Å². The quantitative estimate of drug-likeness (QED) is 0.862. The molecule has 2 fully saturated rings.